The van der Waals surface area contributed by atoms with E-state index in [0.29, 0.717) is 24.8 Å². The first kappa shape index (κ1) is 23.9. The fourth-order valence-electron chi connectivity index (χ4n) is 3.95. The van der Waals surface area contributed by atoms with Gasteiger partial charge in [-0.25, -0.2) is 4.79 Å². The average molecular weight is 415 g/mol. The molecule has 0 N–H and O–H groups in total. The highest BCUT2D eigenvalue weighted by molar-refractivity contribution is 6.21. The normalized spacial score (nSPS) is 11.4. The zero-order chi connectivity index (χ0) is 22.4. The Balaban J connectivity index is 2.16. The Hall–Kier alpha value is -3.37. The maximum absolute atomic E-state index is 13.0. The number of hydrogen-bond donors (Lipinski definition) is 0. The topological polar surface area (TPSA) is 73.9 Å². The van der Waals surface area contributed by atoms with Crippen molar-refractivity contribution in [3.8, 4) is 12.1 Å². The third-order valence-electron chi connectivity index (χ3n) is 5.60. The molecule has 0 amide bonds. The van der Waals surface area contributed by atoms with Gasteiger partial charge in [-0.3, -0.25) is 0 Å². The van der Waals surface area contributed by atoms with E-state index >= 15 is 0 Å². The Bertz CT molecular complexity index is 903. The van der Waals surface area contributed by atoms with Crippen LogP contribution in [0.4, 0.5) is 0 Å². The smallest absolute Gasteiger partial charge is 0.338 e. The predicted octanol–water partition coefficient (Wildman–Crippen LogP) is 6.55. The first-order valence-corrected chi connectivity index (χ1v) is 10.9. The summed E-state index contributed by atoms with van der Waals surface area (Å²) in [5, 5.41) is 18.1. The molecule has 2 rings (SSSR count). The highest BCUT2D eigenvalue weighted by Crippen LogP contribution is 2.38. The van der Waals surface area contributed by atoms with Gasteiger partial charge in [0.15, 0.2) is 0 Å². The molecule has 0 fully saturated rings. The molecule has 0 aromatic heterocycles. The van der Waals surface area contributed by atoms with Crippen LogP contribution in [0.5, 0.6) is 0 Å². The standard InChI is InChI=1S/C27H30N2O2/c1-2-15-27(16-9-19-28,17-10-20-29)18-21-31-26(30)25(24-13-7-4-8-14-24)22-23-11-5-3-6-12-23/h3-8,11-14,22H,2,9-10,15-18,21H2,1H3. The van der Waals surface area contributed by atoms with Crippen molar-refractivity contribution in [2.75, 3.05) is 6.61 Å². The van der Waals surface area contributed by atoms with Gasteiger partial charge in [-0.15, -0.1) is 0 Å². The van der Waals surface area contributed by atoms with E-state index in [1.807, 2.05) is 66.7 Å². The van der Waals surface area contributed by atoms with Gasteiger partial charge >= 0.3 is 5.97 Å². The minimum Gasteiger partial charge on any atom is -0.462 e. The van der Waals surface area contributed by atoms with E-state index in [-0.39, 0.29) is 18.0 Å². The highest BCUT2D eigenvalue weighted by Gasteiger charge is 2.29. The number of benzene rings is 2. The van der Waals surface area contributed by atoms with Gasteiger partial charge < -0.3 is 4.74 Å². The Morgan fingerprint density at radius 2 is 1.48 bits per heavy atom. The van der Waals surface area contributed by atoms with E-state index in [1.54, 1.807) is 0 Å². The minimum atomic E-state index is -0.360. The lowest BCUT2D eigenvalue weighted by Gasteiger charge is -2.32. The molecule has 160 valence electrons. The zero-order valence-electron chi connectivity index (χ0n) is 18.2. The molecular weight excluding hydrogens is 384 g/mol. The number of rotatable bonds is 12. The van der Waals surface area contributed by atoms with Crippen LogP contribution < -0.4 is 0 Å². The summed E-state index contributed by atoms with van der Waals surface area (Å²) in [5.74, 6) is -0.360. The summed E-state index contributed by atoms with van der Waals surface area (Å²) < 4.78 is 5.72. The van der Waals surface area contributed by atoms with Gasteiger partial charge in [-0.2, -0.15) is 10.5 Å². The number of hydrogen-bond acceptors (Lipinski definition) is 4. The molecule has 4 heteroatoms. The highest BCUT2D eigenvalue weighted by atomic mass is 16.5. The molecule has 0 saturated heterocycles. The lowest BCUT2D eigenvalue weighted by Crippen LogP contribution is -2.24. The molecule has 0 radical (unpaired) electrons. The van der Waals surface area contributed by atoms with Crippen molar-refractivity contribution in [2.45, 2.75) is 51.9 Å². The molecule has 0 unspecified atom stereocenters. The maximum atomic E-state index is 13.0. The third kappa shape index (κ3) is 7.76. The van der Waals surface area contributed by atoms with Crippen molar-refractivity contribution in [3.63, 3.8) is 0 Å². The van der Waals surface area contributed by atoms with Crippen molar-refractivity contribution < 1.29 is 9.53 Å². The van der Waals surface area contributed by atoms with Gasteiger partial charge in [-0.1, -0.05) is 74.0 Å². The van der Waals surface area contributed by atoms with Crippen LogP contribution in [0.3, 0.4) is 0 Å². The fourth-order valence-corrected chi connectivity index (χ4v) is 3.95. The first-order chi connectivity index (χ1) is 15.1. The second-order valence-electron chi connectivity index (χ2n) is 7.79. The summed E-state index contributed by atoms with van der Waals surface area (Å²) >= 11 is 0. The molecule has 0 spiro atoms. The number of carbonyl (C=O) groups is 1. The van der Waals surface area contributed by atoms with E-state index in [9.17, 15) is 4.79 Å². The van der Waals surface area contributed by atoms with Crippen LogP contribution >= 0.6 is 0 Å². The molecule has 0 aliphatic carbocycles. The number of carbonyl (C=O) groups excluding carboxylic acids is 1. The predicted molar refractivity (Wildman–Crippen MR) is 123 cm³/mol. The summed E-state index contributed by atoms with van der Waals surface area (Å²) in [7, 11) is 0. The molecule has 0 aliphatic rings. The van der Waals surface area contributed by atoms with Crippen molar-refractivity contribution in [3.05, 3.63) is 71.8 Å². The van der Waals surface area contributed by atoms with Gasteiger partial charge in [0.2, 0.25) is 0 Å². The van der Waals surface area contributed by atoms with Gasteiger partial charge in [0.25, 0.3) is 0 Å². The van der Waals surface area contributed by atoms with Crippen molar-refractivity contribution >= 4 is 17.6 Å². The van der Waals surface area contributed by atoms with Gasteiger partial charge in [0.05, 0.1) is 24.3 Å². The van der Waals surface area contributed by atoms with Crippen LogP contribution in [0, 0.1) is 28.1 Å². The van der Waals surface area contributed by atoms with E-state index in [4.69, 9.17) is 15.3 Å². The summed E-state index contributed by atoms with van der Waals surface area (Å²) in [4.78, 5) is 13.0. The molecule has 0 saturated carbocycles. The minimum absolute atomic E-state index is 0.142. The molecule has 2 aromatic rings. The maximum Gasteiger partial charge on any atom is 0.338 e. The molecule has 0 atom stereocenters. The average Bonchev–Trinajstić information content (AvgIpc) is 2.81. The van der Waals surface area contributed by atoms with E-state index in [0.717, 1.165) is 36.8 Å². The van der Waals surface area contributed by atoms with Gasteiger partial charge in [-0.05, 0) is 48.3 Å². The number of ether oxygens (including phenoxy) is 1. The molecular formula is C27H30N2O2. The lowest BCUT2D eigenvalue weighted by atomic mass is 9.73. The number of nitriles is 2. The van der Waals surface area contributed by atoms with Crippen molar-refractivity contribution in [2.24, 2.45) is 5.41 Å². The lowest BCUT2D eigenvalue weighted by molar-refractivity contribution is -0.137. The summed E-state index contributed by atoms with van der Waals surface area (Å²) in [6.45, 7) is 2.38. The second-order valence-corrected chi connectivity index (χ2v) is 7.79. The largest absolute Gasteiger partial charge is 0.462 e. The van der Waals surface area contributed by atoms with E-state index in [2.05, 4.69) is 19.1 Å². The summed E-state index contributed by atoms with van der Waals surface area (Å²) in [5.41, 5.74) is 2.12. The monoisotopic (exact) mass is 414 g/mol. The molecule has 4 nitrogen and oxygen atoms in total. The molecule has 0 bridgehead atoms. The van der Waals surface area contributed by atoms with E-state index in [1.165, 1.54) is 0 Å². The molecule has 0 heterocycles. The molecule has 0 aliphatic heterocycles. The van der Waals surface area contributed by atoms with Crippen molar-refractivity contribution in [1.29, 1.82) is 10.5 Å². The van der Waals surface area contributed by atoms with E-state index < -0.39 is 0 Å². The Morgan fingerprint density at radius 1 is 0.903 bits per heavy atom. The quantitative estimate of drug-likeness (QED) is 0.224. The first-order valence-electron chi connectivity index (χ1n) is 10.9. The number of nitrogens with zero attached hydrogens (tertiary/aromatic N) is 2. The fraction of sp³-hybridized carbons (Fsp3) is 0.370. The Morgan fingerprint density at radius 3 is 2.03 bits per heavy atom. The van der Waals surface area contributed by atoms with Crippen LogP contribution in [0.2, 0.25) is 0 Å². The SMILES string of the molecule is CCCC(CCC#N)(CCC#N)CCOC(=O)C(=Cc1ccccc1)c1ccccc1. The Kier molecular flexibility index (Phi) is 10.1. The third-order valence-corrected chi connectivity index (χ3v) is 5.60. The number of esters is 1. The molecule has 2 aromatic carbocycles. The van der Waals surface area contributed by atoms with Crippen LogP contribution in [-0.4, -0.2) is 12.6 Å². The van der Waals surface area contributed by atoms with Crippen LogP contribution in [0.1, 0.15) is 63.0 Å². The van der Waals surface area contributed by atoms with Crippen LogP contribution in [-0.2, 0) is 9.53 Å². The molecule has 31 heavy (non-hydrogen) atoms. The van der Waals surface area contributed by atoms with Gasteiger partial charge in [0, 0.05) is 12.8 Å². The van der Waals surface area contributed by atoms with Crippen LogP contribution in [0.25, 0.3) is 11.6 Å². The second kappa shape index (κ2) is 13.0. The van der Waals surface area contributed by atoms with Crippen LogP contribution in [0.15, 0.2) is 60.7 Å². The Labute approximate surface area is 185 Å². The van der Waals surface area contributed by atoms with Gasteiger partial charge in [0.1, 0.15) is 0 Å². The zero-order valence-corrected chi connectivity index (χ0v) is 18.2. The summed E-state index contributed by atoms with van der Waals surface area (Å²) in [6.07, 6.45) is 6.73. The van der Waals surface area contributed by atoms with Crippen molar-refractivity contribution in [1.82, 2.24) is 0 Å². The summed E-state index contributed by atoms with van der Waals surface area (Å²) in [6, 6.07) is 23.7.